The van der Waals surface area contributed by atoms with Crippen LogP contribution in [-0.2, 0) is 0 Å². The molecular weight excluding hydrogens is 440 g/mol. The molecule has 2 aromatic carbocycles. The Morgan fingerprint density at radius 2 is 1.77 bits per heavy atom. The highest BCUT2D eigenvalue weighted by atomic mass is 16.5. The number of methoxy groups -OCH3 is 1. The summed E-state index contributed by atoms with van der Waals surface area (Å²) < 4.78 is 7.27. The number of fused-ring (bicyclic) bond motifs is 1. The summed E-state index contributed by atoms with van der Waals surface area (Å²) in [6.45, 7) is 2.05. The van der Waals surface area contributed by atoms with Gasteiger partial charge >= 0.3 is 0 Å². The normalized spacial score (nSPS) is 14.7. The quantitative estimate of drug-likeness (QED) is 0.453. The second-order valence-corrected chi connectivity index (χ2v) is 8.99. The maximum absolute atomic E-state index is 13.0. The molecule has 1 fully saturated rings. The van der Waals surface area contributed by atoms with Crippen molar-refractivity contribution in [2.24, 2.45) is 0 Å². The Labute approximate surface area is 205 Å². The van der Waals surface area contributed by atoms with Crippen molar-refractivity contribution in [3.63, 3.8) is 0 Å². The Kier molecular flexibility index (Phi) is 6.37. The smallest absolute Gasteiger partial charge is 0.253 e. The fraction of sp³-hybridized carbons (Fsp3) is 0.296. The third-order valence-corrected chi connectivity index (χ3v) is 6.76. The second kappa shape index (κ2) is 9.76. The molecule has 3 heterocycles. The fourth-order valence-corrected chi connectivity index (χ4v) is 4.57. The van der Waals surface area contributed by atoms with Crippen molar-refractivity contribution in [3.05, 3.63) is 72.7 Å². The summed E-state index contributed by atoms with van der Waals surface area (Å²) >= 11 is 0. The van der Waals surface area contributed by atoms with E-state index in [0.717, 1.165) is 54.3 Å². The number of hydrogen-bond acceptors (Lipinski definition) is 6. The van der Waals surface area contributed by atoms with Crippen molar-refractivity contribution >= 4 is 23.1 Å². The van der Waals surface area contributed by atoms with Crippen molar-refractivity contribution in [1.29, 1.82) is 0 Å². The van der Waals surface area contributed by atoms with Gasteiger partial charge in [-0.3, -0.25) is 9.20 Å². The first-order chi connectivity index (χ1) is 17.0. The summed E-state index contributed by atoms with van der Waals surface area (Å²) in [6, 6.07) is 15.7. The highest BCUT2D eigenvalue weighted by Crippen LogP contribution is 2.27. The lowest BCUT2D eigenvalue weighted by Gasteiger charge is -2.35. The Bertz CT molecular complexity index is 1310. The minimum atomic E-state index is 0.0590. The molecule has 1 N–H and O–H groups in total. The largest absolute Gasteiger partial charge is 0.497 e. The Balaban J connectivity index is 1.32. The van der Waals surface area contributed by atoms with E-state index in [1.165, 1.54) is 0 Å². The monoisotopic (exact) mass is 470 g/mol. The molecule has 0 atom stereocenters. The van der Waals surface area contributed by atoms with Gasteiger partial charge in [-0.25, -0.2) is 9.97 Å². The molecule has 0 radical (unpaired) electrons. The summed E-state index contributed by atoms with van der Waals surface area (Å²) in [6.07, 6.45) is 7.50. The predicted octanol–water partition coefficient (Wildman–Crippen LogP) is 4.31. The minimum Gasteiger partial charge on any atom is -0.497 e. The van der Waals surface area contributed by atoms with Crippen molar-refractivity contribution in [2.75, 3.05) is 39.6 Å². The summed E-state index contributed by atoms with van der Waals surface area (Å²) in [5.41, 5.74) is 4.25. The van der Waals surface area contributed by atoms with Gasteiger partial charge in [0.2, 0.25) is 0 Å². The number of likely N-dealkylation sites (tertiary alicyclic amines) is 1. The van der Waals surface area contributed by atoms with Crippen LogP contribution >= 0.6 is 0 Å². The summed E-state index contributed by atoms with van der Waals surface area (Å²) in [4.78, 5) is 26.3. The number of carbonyl (C=O) groups excluding carboxylic acids is 1. The van der Waals surface area contributed by atoms with E-state index >= 15 is 0 Å². The van der Waals surface area contributed by atoms with E-state index in [4.69, 9.17) is 4.74 Å². The lowest BCUT2D eigenvalue weighted by Crippen LogP contribution is -2.44. The van der Waals surface area contributed by atoms with Crippen LogP contribution in [0.1, 0.15) is 23.2 Å². The number of piperidine rings is 1. The van der Waals surface area contributed by atoms with Crippen LogP contribution in [0.25, 0.3) is 16.9 Å². The standard InChI is InChI=1S/C27H30N6O2/c1-31-15-12-22(13-16-31)32(2)27(34)20-4-8-21(9-5-20)30-25-26-29-18-24(33(26)17-14-28-25)19-6-10-23(35-3)11-7-19/h4-11,14,17-18,22H,12-13,15-16H2,1-3H3,(H,28,30). The molecule has 1 amide bonds. The van der Waals surface area contributed by atoms with Gasteiger partial charge in [0.15, 0.2) is 11.5 Å². The maximum Gasteiger partial charge on any atom is 0.253 e. The van der Waals surface area contributed by atoms with Crippen LogP contribution in [0.4, 0.5) is 11.5 Å². The molecule has 0 saturated carbocycles. The first-order valence-corrected chi connectivity index (χ1v) is 11.8. The zero-order valence-electron chi connectivity index (χ0n) is 20.3. The van der Waals surface area contributed by atoms with Crippen molar-refractivity contribution in [3.8, 4) is 17.0 Å². The zero-order chi connectivity index (χ0) is 24.4. The van der Waals surface area contributed by atoms with Crippen LogP contribution in [0.2, 0.25) is 0 Å². The van der Waals surface area contributed by atoms with Gasteiger partial charge in [0.1, 0.15) is 5.75 Å². The van der Waals surface area contributed by atoms with E-state index in [2.05, 4.69) is 27.2 Å². The van der Waals surface area contributed by atoms with Gasteiger partial charge < -0.3 is 19.9 Å². The van der Waals surface area contributed by atoms with E-state index in [1.54, 1.807) is 13.3 Å². The van der Waals surface area contributed by atoms with Crippen molar-refractivity contribution in [1.82, 2.24) is 24.2 Å². The number of benzene rings is 2. The number of amides is 1. The van der Waals surface area contributed by atoms with Gasteiger partial charge in [0.05, 0.1) is 19.0 Å². The van der Waals surface area contributed by atoms with Gasteiger partial charge in [-0.15, -0.1) is 0 Å². The van der Waals surface area contributed by atoms with E-state index in [0.29, 0.717) is 17.4 Å². The van der Waals surface area contributed by atoms with Gasteiger partial charge in [-0.1, -0.05) is 0 Å². The number of anilines is 2. The lowest BCUT2D eigenvalue weighted by atomic mass is 10.0. The van der Waals surface area contributed by atoms with Gasteiger partial charge in [-0.2, -0.15) is 0 Å². The number of rotatable bonds is 6. The van der Waals surface area contributed by atoms with E-state index < -0.39 is 0 Å². The average Bonchev–Trinajstić information content (AvgIpc) is 3.34. The first-order valence-electron chi connectivity index (χ1n) is 11.8. The molecule has 1 saturated heterocycles. The Morgan fingerprint density at radius 3 is 2.46 bits per heavy atom. The molecule has 2 aromatic heterocycles. The zero-order valence-corrected chi connectivity index (χ0v) is 20.3. The topological polar surface area (TPSA) is 75.0 Å². The maximum atomic E-state index is 13.0. The molecule has 0 spiro atoms. The predicted molar refractivity (Wildman–Crippen MR) is 137 cm³/mol. The molecule has 1 aliphatic heterocycles. The van der Waals surface area contributed by atoms with E-state index in [-0.39, 0.29) is 5.91 Å². The molecular formula is C27H30N6O2. The van der Waals surface area contributed by atoms with Crippen LogP contribution < -0.4 is 10.1 Å². The minimum absolute atomic E-state index is 0.0590. The number of hydrogen-bond donors (Lipinski definition) is 1. The molecule has 0 bridgehead atoms. The molecule has 180 valence electrons. The highest BCUT2D eigenvalue weighted by molar-refractivity contribution is 5.94. The molecule has 8 nitrogen and oxygen atoms in total. The number of nitrogens with one attached hydrogen (secondary N) is 1. The second-order valence-electron chi connectivity index (χ2n) is 8.99. The molecule has 1 aliphatic rings. The molecule has 8 heteroatoms. The Morgan fingerprint density at radius 1 is 1.06 bits per heavy atom. The van der Waals surface area contributed by atoms with Crippen LogP contribution in [0.15, 0.2) is 67.1 Å². The SMILES string of the molecule is COc1ccc(-c2cnc3c(Nc4ccc(C(=O)N(C)C5CCN(C)CC5)cc4)nccn23)cc1. The van der Waals surface area contributed by atoms with Crippen LogP contribution in [0.5, 0.6) is 5.75 Å². The number of ether oxygens (including phenoxy) is 1. The Hall–Kier alpha value is -3.91. The molecule has 35 heavy (non-hydrogen) atoms. The highest BCUT2D eigenvalue weighted by Gasteiger charge is 2.24. The van der Waals surface area contributed by atoms with Crippen LogP contribution in [-0.4, -0.2) is 70.4 Å². The third kappa shape index (κ3) is 4.70. The molecule has 4 aromatic rings. The van der Waals surface area contributed by atoms with Gasteiger partial charge in [0.25, 0.3) is 5.91 Å². The molecule has 5 rings (SSSR count). The first kappa shape index (κ1) is 22.9. The van der Waals surface area contributed by atoms with Crippen molar-refractivity contribution in [2.45, 2.75) is 18.9 Å². The third-order valence-electron chi connectivity index (χ3n) is 6.76. The summed E-state index contributed by atoms with van der Waals surface area (Å²) in [5, 5.41) is 3.35. The summed E-state index contributed by atoms with van der Waals surface area (Å²) in [5.74, 6) is 1.52. The van der Waals surface area contributed by atoms with Crippen LogP contribution in [0, 0.1) is 0 Å². The van der Waals surface area contributed by atoms with Gasteiger partial charge in [-0.05, 0) is 81.5 Å². The number of imidazole rings is 1. The molecule has 0 aliphatic carbocycles. The number of carbonyl (C=O) groups is 1. The number of aromatic nitrogens is 3. The van der Waals surface area contributed by atoms with E-state index in [9.17, 15) is 4.79 Å². The van der Waals surface area contributed by atoms with Gasteiger partial charge in [0, 0.05) is 42.3 Å². The van der Waals surface area contributed by atoms with E-state index in [1.807, 2.05) is 77.3 Å². The number of nitrogens with zero attached hydrogens (tertiary/aromatic N) is 5. The average molecular weight is 471 g/mol. The lowest BCUT2D eigenvalue weighted by molar-refractivity contribution is 0.0659. The molecule has 0 unspecified atom stereocenters. The summed E-state index contributed by atoms with van der Waals surface area (Å²) in [7, 11) is 5.69. The van der Waals surface area contributed by atoms with Crippen LogP contribution in [0.3, 0.4) is 0 Å². The fourth-order valence-electron chi connectivity index (χ4n) is 4.57. The van der Waals surface area contributed by atoms with Crippen molar-refractivity contribution < 1.29 is 9.53 Å².